The molecule has 0 aliphatic carbocycles. The molecule has 5 nitrogen and oxygen atoms in total. The molecule has 0 radical (unpaired) electrons. The van der Waals surface area contributed by atoms with E-state index in [1.54, 1.807) is 11.3 Å². The SMILES string of the molecule is Cc1ncsc1CCOCCCCC(C)(C)C(N)=NO. The van der Waals surface area contributed by atoms with Gasteiger partial charge in [0, 0.05) is 23.3 Å². The summed E-state index contributed by atoms with van der Waals surface area (Å²) >= 11 is 1.69. The Labute approximate surface area is 124 Å². The first-order chi connectivity index (χ1) is 9.47. The number of ether oxygens (including phenoxy) is 1. The van der Waals surface area contributed by atoms with Gasteiger partial charge in [-0.05, 0) is 19.8 Å². The first-order valence-electron chi connectivity index (χ1n) is 6.92. The van der Waals surface area contributed by atoms with E-state index < -0.39 is 0 Å². The average Bonchev–Trinajstić information content (AvgIpc) is 2.82. The summed E-state index contributed by atoms with van der Waals surface area (Å²) in [4.78, 5) is 5.52. The Morgan fingerprint density at radius 2 is 2.20 bits per heavy atom. The molecular weight excluding hydrogens is 274 g/mol. The zero-order valence-corrected chi connectivity index (χ0v) is 13.4. The molecule has 1 rings (SSSR count). The van der Waals surface area contributed by atoms with Crippen molar-refractivity contribution in [2.45, 2.75) is 46.5 Å². The molecule has 0 amide bonds. The van der Waals surface area contributed by atoms with Crippen LogP contribution in [0.1, 0.15) is 43.7 Å². The number of aromatic nitrogens is 1. The molecule has 0 spiro atoms. The van der Waals surface area contributed by atoms with Crippen molar-refractivity contribution >= 4 is 17.2 Å². The van der Waals surface area contributed by atoms with Crippen molar-refractivity contribution in [2.24, 2.45) is 16.3 Å². The lowest BCUT2D eigenvalue weighted by Gasteiger charge is -2.22. The van der Waals surface area contributed by atoms with Crippen LogP contribution in [0.2, 0.25) is 0 Å². The number of unbranched alkanes of at least 4 members (excludes halogenated alkanes) is 1. The van der Waals surface area contributed by atoms with Crippen molar-refractivity contribution in [2.75, 3.05) is 13.2 Å². The molecule has 1 heterocycles. The van der Waals surface area contributed by atoms with E-state index in [9.17, 15) is 0 Å². The summed E-state index contributed by atoms with van der Waals surface area (Å²) in [5.41, 5.74) is 8.38. The predicted octanol–water partition coefficient (Wildman–Crippen LogP) is 2.95. The highest BCUT2D eigenvalue weighted by atomic mass is 32.1. The lowest BCUT2D eigenvalue weighted by Crippen LogP contribution is -2.31. The van der Waals surface area contributed by atoms with Gasteiger partial charge in [-0.25, -0.2) is 4.98 Å². The fourth-order valence-corrected chi connectivity index (χ4v) is 2.63. The molecule has 6 heteroatoms. The number of amidine groups is 1. The van der Waals surface area contributed by atoms with Gasteiger partial charge in [0.2, 0.25) is 0 Å². The van der Waals surface area contributed by atoms with Gasteiger partial charge in [0.1, 0.15) is 5.84 Å². The third-order valence-electron chi connectivity index (χ3n) is 3.46. The Morgan fingerprint density at radius 1 is 1.45 bits per heavy atom. The molecule has 1 aromatic heterocycles. The lowest BCUT2D eigenvalue weighted by molar-refractivity contribution is 0.131. The van der Waals surface area contributed by atoms with E-state index in [1.165, 1.54) is 4.88 Å². The highest BCUT2D eigenvalue weighted by Gasteiger charge is 2.22. The van der Waals surface area contributed by atoms with E-state index in [4.69, 9.17) is 15.7 Å². The molecule has 3 N–H and O–H groups in total. The normalized spacial score (nSPS) is 12.8. The fraction of sp³-hybridized carbons (Fsp3) is 0.714. The van der Waals surface area contributed by atoms with E-state index in [2.05, 4.69) is 10.1 Å². The van der Waals surface area contributed by atoms with Crippen LogP contribution in [0, 0.1) is 12.3 Å². The molecule has 0 aromatic carbocycles. The summed E-state index contributed by atoms with van der Waals surface area (Å²) in [5.74, 6) is 0.291. The minimum atomic E-state index is -0.255. The number of aryl methyl sites for hydroxylation is 1. The average molecular weight is 299 g/mol. The van der Waals surface area contributed by atoms with E-state index in [1.807, 2.05) is 26.3 Å². The van der Waals surface area contributed by atoms with Gasteiger partial charge in [0.15, 0.2) is 0 Å². The third kappa shape index (κ3) is 5.46. The minimum Gasteiger partial charge on any atom is -0.409 e. The molecule has 0 unspecified atom stereocenters. The maximum absolute atomic E-state index is 8.69. The topological polar surface area (TPSA) is 80.7 Å². The van der Waals surface area contributed by atoms with Gasteiger partial charge in [-0.1, -0.05) is 25.4 Å². The summed E-state index contributed by atoms with van der Waals surface area (Å²) in [5, 5.41) is 11.8. The highest BCUT2D eigenvalue weighted by Crippen LogP contribution is 2.23. The van der Waals surface area contributed by atoms with Crippen molar-refractivity contribution in [3.63, 3.8) is 0 Å². The molecule has 0 saturated heterocycles. The number of nitrogens with two attached hydrogens (primary N) is 1. The fourth-order valence-electron chi connectivity index (χ4n) is 1.87. The third-order valence-corrected chi connectivity index (χ3v) is 4.45. The number of thiazole rings is 1. The van der Waals surface area contributed by atoms with Crippen LogP contribution in [-0.4, -0.2) is 29.2 Å². The Balaban J connectivity index is 2.07. The van der Waals surface area contributed by atoms with Gasteiger partial charge in [-0.3, -0.25) is 0 Å². The molecule has 0 fully saturated rings. The minimum absolute atomic E-state index is 0.255. The monoisotopic (exact) mass is 299 g/mol. The van der Waals surface area contributed by atoms with Gasteiger partial charge in [0.05, 0.1) is 17.8 Å². The standard InChI is InChI=1S/C14H25N3O2S/c1-11-12(20-10-16-11)6-9-19-8-5-4-7-14(2,3)13(15)17-18/h10,18H,4-9H2,1-3H3,(H2,15,17). The number of hydrogen-bond donors (Lipinski definition) is 2. The highest BCUT2D eigenvalue weighted by molar-refractivity contribution is 7.09. The van der Waals surface area contributed by atoms with Gasteiger partial charge in [0.25, 0.3) is 0 Å². The van der Waals surface area contributed by atoms with Crippen molar-refractivity contribution in [3.05, 3.63) is 16.1 Å². The summed E-state index contributed by atoms with van der Waals surface area (Å²) in [6.07, 6.45) is 3.82. The quantitative estimate of drug-likeness (QED) is 0.241. The molecule has 0 bridgehead atoms. The Hall–Kier alpha value is -1.14. The van der Waals surface area contributed by atoms with Crippen LogP contribution in [0.4, 0.5) is 0 Å². The predicted molar refractivity (Wildman–Crippen MR) is 82.4 cm³/mol. The maximum Gasteiger partial charge on any atom is 0.144 e. The second kappa shape index (κ2) is 8.21. The lowest BCUT2D eigenvalue weighted by atomic mass is 9.86. The van der Waals surface area contributed by atoms with Crippen molar-refractivity contribution in [1.29, 1.82) is 0 Å². The van der Waals surface area contributed by atoms with E-state index in [-0.39, 0.29) is 5.41 Å². The van der Waals surface area contributed by atoms with Crippen LogP contribution in [-0.2, 0) is 11.2 Å². The van der Waals surface area contributed by atoms with Crippen LogP contribution in [0.15, 0.2) is 10.7 Å². The molecular formula is C14H25N3O2S. The van der Waals surface area contributed by atoms with Crippen molar-refractivity contribution < 1.29 is 9.94 Å². The van der Waals surface area contributed by atoms with Gasteiger partial charge < -0.3 is 15.7 Å². The molecule has 0 aliphatic rings. The molecule has 0 saturated carbocycles. The Kier molecular flexibility index (Phi) is 6.95. The maximum atomic E-state index is 8.69. The van der Waals surface area contributed by atoms with Crippen LogP contribution in [0.5, 0.6) is 0 Å². The van der Waals surface area contributed by atoms with E-state index in [0.717, 1.165) is 44.6 Å². The van der Waals surface area contributed by atoms with Gasteiger partial charge in [-0.15, -0.1) is 11.3 Å². The Bertz CT molecular complexity index is 430. The second-order valence-electron chi connectivity index (χ2n) is 5.55. The summed E-state index contributed by atoms with van der Waals surface area (Å²) in [7, 11) is 0. The smallest absolute Gasteiger partial charge is 0.144 e. The summed E-state index contributed by atoms with van der Waals surface area (Å²) in [6, 6.07) is 0. The van der Waals surface area contributed by atoms with Crippen LogP contribution in [0.25, 0.3) is 0 Å². The van der Waals surface area contributed by atoms with Crippen LogP contribution < -0.4 is 5.73 Å². The van der Waals surface area contributed by atoms with E-state index >= 15 is 0 Å². The van der Waals surface area contributed by atoms with E-state index in [0.29, 0.717) is 5.84 Å². The Morgan fingerprint density at radius 3 is 2.80 bits per heavy atom. The number of nitrogens with zero attached hydrogens (tertiary/aromatic N) is 2. The zero-order chi connectivity index (χ0) is 15.0. The first-order valence-corrected chi connectivity index (χ1v) is 7.80. The molecule has 20 heavy (non-hydrogen) atoms. The van der Waals surface area contributed by atoms with Crippen molar-refractivity contribution in [3.8, 4) is 0 Å². The second-order valence-corrected chi connectivity index (χ2v) is 6.49. The number of oxime groups is 1. The molecule has 114 valence electrons. The van der Waals surface area contributed by atoms with Gasteiger partial charge >= 0.3 is 0 Å². The van der Waals surface area contributed by atoms with Crippen LogP contribution >= 0.6 is 11.3 Å². The zero-order valence-electron chi connectivity index (χ0n) is 12.6. The summed E-state index contributed by atoms with van der Waals surface area (Å²) < 4.78 is 5.63. The molecule has 0 aliphatic heterocycles. The van der Waals surface area contributed by atoms with Crippen molar-refractivity contribution in [1.82, 2.24) is 4.98 Å². The number of rotatable bonds is 9. The molecule has 0 atom stereocenters. The molecule has 1 aromatic rings. The first kappa shape index (κ1) is 16.9. The number of hydrogen-bond acceptors (Lipinski definition) is 5. The van der Waals surface area contributed by atoms with Crippen LogP contribution in [0.3, 0.4) is 0 Å². The largest absolute Gasteiger partial charge is 0.409 e. The summed E-state index contributed by atoms with van der Waals surface area (Å²) in [6.45, 7) is 7.49. The van der Waals surface area contributed by atoms with Gasteiger partial charge in [-0.2, -0.15) is 0 Å².